The zero-order valence-electron chi connectivity index (χ0n) is 10.1. The predicted octanol–water partition coefficient (Wildman–Crippen LogP) is 1.76. The largest absolute Gasteiger partial charge is 0.461 e. The molecule has 0 fully saturated rings. The Bertz CT molecular complexity index is 534. The molecule has 0 aliphatic rings. The summed E-state index contributed by atoms with van der Waals surface area (Å²) in [6.45, 7) is 2.08. The fourth-order valence-corrected chi connectivity index (χ4v) is 1.73. The van der Waals surface area contributed by atoms with Gasteiger partial charge in [0.25, 0.3) is 0 Å². The zero-order valence-corrected chi connectivity index (χ0v) is 10.1. The van der Waals surface area contributed by atoms with Crippen molar-refractivity contribution in [1.82, 2.24) is 10.2 Å². The molecule has 2 rings (SSSR count). The molecule has 1 aromatic carbocycles. The van der Waals surface area contributed by atoms with Crippen LogP contribution in [0.1, 0.15) is 28.5 Å². The van der Waals surface area contributed by atoms with E-state index in [9.17, 15) is 4.79 Å². The summed E-state index contributed by atoms with van der Waals surface area (Å²) in [6.07, 6.45) is 0.553. The third-order valence-corrected chi connectivity index (χ3v) is 2.60. The van der Waals surface area contributed by atoms with Crippen molar-refractivity contribution < 1.29 is 9.53 Å². The van der Waals surface area contributed by atoms with E-state index in [1.807, 2.05) is 30.3 Å². The molecule has 0 unspecified atom stereocenters. The maximum Gasteiger partial charge on any atom is 0.356 e. The van der Waals surface area contributed by atoms with Gasteiger partial charge in [-0.25, -0.2) is 4.79 Å². The monoisotopic (exact) mass is 245 g/mol. The summed E-state index contributed by atoms with van der Waals surface area (Å²) in [6, 6.07) is 9.77. The lowest BCUT2D eigenvalue weighted by atomic mass is 10.0. The van der Waals surface area contributed by atoms with Crippen LogP contribution in [0.25, 0.3) is 0 Å². The van der Waals surface area contributed by atoms with Crippen LogP contribution in [0.15, 0.2) is 30.3 Å². The van der Waals surface area contributed by atoms with E-state index in [4.69, 9.17) is 10.5 Å². The van der Waals surface area contributed by atoms with E-state index in [2.05, 4.69) is 10.2 Å². The zero-order chi connectivity index (χ0) is 13.0. The number of aromatic nitrogens is 2. The van der Waals surface area contributed by atoms with E-state index in [0.29, 0.717) is 30.1 Å². The number of nitrogens with one attached hydrogen (secondary N) is 1. The molecule has 5 heteroatoms. The molecule has 0 saturated carbocycles. The van der Waals surface area contributed by atoms with Crippen LogP contribution in [-0.2, 0) is 11.2 Å². The first-order valence-corrected chi connectivity index (χ1v) is 5.76. The van der Waals surface area contributed by atoms with Crippen molar-refractivity contribution in [1.29, 1.82) is 0 Å². The Kier molecular flexibility index (Phi) is 3.62. The van der Waals surface area contributed by atoms with Crippen LogP contribution < -0.4 is 5.73 Å². The highest BCUT2D eigenvalue weighted by molar-refractivity contribution is 5.90. The van der Waals surface area contributed by atoms with Crippen molar-refractivity contribution in [2.24, 2.45) is 0 Å². The van der Waals surface area contributed by atoms with Crippen molar-refractivity contribution in [2.45, 2.75) is 13.3 Å². The summed E-state index contributed by atoms with van der Waals surface area (Å²) in [4.78, 5) is 11.7. The van der Waals surface area contributed by atoms with Gasteiger partial charge in [0.1, 0.15) is 11.5 Å². The Morgan fingerprint density at radius 2 is 2.11 bits per heavy atom. The Morgan fingerprint density at radius 3 is 2.78 bits per heavy atom. The van der Waals surface area contributed by atoms with E-state index in [0.717, 1.165) is 5.56 Å². The summed E-state index contributed by atoms with van der Waals surface area (Å²) >= 11 is 0. The van der Waals surface area contributed by atoms with Gasteiger partial charge in [-0.2, -0.15) is 5.10 Å². The smallest absolute Gasteiger partial charge is 0.356 e. The summed E-state index contributed by atoms with van der Waals surface area (Å²) in [5.41, 5.74) is 7.85. The molecule has 3 N–H and O–H groups in total. The van der Waals surface area contributed by atoms with Gasteiger partial charge in [0.2, 0.25) is 0 Å². The van der Waals surface area contributed by atoms with Crippen molar-refractivity contribution in [2.75, 3.05) is 12.3 Å². The first-order valence-electron chi connectivity index (χ1n) is 5.76. The Morgan fingerprint density at radius 1 is 1.39 bits per heavy atom. The van der Waals surface area contributed by atoms with Crippen molar-refractivity contribution in [3.63, 3.8) is 0 Å². The van der Waals surface area contributed by atoms with Crippen LogP contribution in [0.4, 0.5) is 5.82 Å². The fraction of sp³-hybridized carbons (Fsp3) is 0.231. The normalized spacial score (nSPS) is 10.3. The molecule has 1 aromatic heterocycles. The number of aromatic amines is 1. The lowest BCUT2D eigenvalue weighted by Crippen LogP contribution is -2.08. The maximum absolute atomic E-state index is 11.7. The number of hydrogen-bond donors (Lipinski definition) is 2. The highest BCUT2D eigenvalue weighted by Crippen LogP contribution is 2.19. The summed E-state index contributed by atoms with van der Waals surface area (Å²) in [7, 11) is 0. The minimum atomic E-state index is -0.423. The molecule has 0 atom stereocenters. The van der Waals surface area contributed by atoms with Gasteiger partial charge >= 0.3 is 5.97 Å². The minimum absolute atomic E-state index is 0.322. The topological polar surface area (TPSA) is 81.0 Å². The molecule has 0 radical (unpaired) electrons. The first-order chi connectivity index (χ1) is 8.72. The van der Waals surface area contributed by atoms with E-state index >= 15 is 0 Å². The molecule has 0 aliphatic heterocycles. The number of esters is 1. The number of ether oxygens (including phenoxy) is 1. The number of carbonyl (C=O) groups is 1. The number of nitrogens with zero attached hydrogens (tertiary/aromatic N) is 1. The Balaban J connectivity index is 2.27. The standard InChI is InChI=1S/C13H15N3O2/c1-2-18-13(17)11-10(12(14)16-15-11)8-9-6-4-3-5-7-9/h3-7H,2,8H2,1H3,(H3,14,15,16). The summed E-state index contributed by atoms with van der Waals surface area (Å²) in [5.74, 6) is -0.0884. The van der Waals surface area contributed by atoms with Gasteiger partial charge in [-0.15, -0.1) is 0 Å². The molecule has 2 aromatic rings. The van der Waals surface area contributed by atoms with Crippen LogP contribution >= 0.6 is 0 Å². The first kappa shape index (κ1) is 12.2. The maximum atomic E-state index is 11.7. The average Bonchev–Trinajstić information content (AvgIpc) is 2.73. The van der Waals surface area contributed by atoms with Gasteiger partial charge in [-0.3, -0.25) is 5.10 Å². The van der Waals surface area contributed by atoms with Crippen LogP contribution in [0.5, 0.6) is 0 Å². The second-order valence-corrected chi connectivity index (χ2v) is 3.85. The molecular weight excluding hydrogens is 230 g/mol. The lowest BCUT2D eigenvalue weighted by molar-refractivity contribution is 0.0518. The van der Waals surface area contributed by atoms with Gasteiger partial charge in [-0.1, -0.05) is 30.3 Å². The van der Waals surface area contributed by atoms with Crippen LogP contribution in [-0.4, -0.2) is 22.8 Å². The molecular formula is C13H15N3O2. The van der Waals surface area contributed by atoms with Gasteiger partial charge in [-0.05, 0) is 12.5 Å². The minimum Gasteiger partial charge on any atom is -0.461 e. The molecule has 18 heavy (non-hydrogen) atoms. The highest BCUT2D eigenvalue weighted by Gasteiger charge is 2.18. The number of carbonyl (C=O) groups excluding carboxylic acids is 1. The van der Waals surface area contributed by atoms with Gasteiger partial charge in [0.05, 0.1) is 6.61 Å². The molecule has 0 bridgehead atoms. The van der Waals surface area contributed by atoms with E-state index in [1.165, 1.54) is 0 Å². The summed E-state index contributed by atoms with van der Waals surface area (Å²) in [5, 5.41) is 6.50. The Labute approximate surface area is 105 Å². The third-order valence-electron chi connectivity index (χ3n) is 2.60. The molecule has 0 spiro atoms. The molecule has 0 amide bonds. The molecule has 0 saturated heterocycles. The number of H-pyrrole nitrogens is 1. The van der Waals surface area contributed by atoms with Gasteiger partial charge < -0.3 is 10.5 Å². The Hall–Kier alpha value is -2.30. The highest BCUT2D eigenvalue weighted by atomic mass is 16.5. The predicted molar refractivity (Wildman–Crippen MR) is 68.2 cm³/mol. The SMILES string of the molecule is CCOC(=O)c1[nH]nc(N)c1Cc1ccccc1. The number of benzene rings is 1. The van der Waals surface area contributed by atoms with E-state index in [-0.39, 0.29) is 0 Å². The van der Waals surface area contributed by atoms with Gasteiger partial charge in [0.15, 0.2) is 0 Å². The van der Waals surface area contributed by atoms with Crippen LogP contribution in [0, 0.1) is 0 Å². The fourth-order valence-electron chi connectivity index (χ4n) is 1.73. The molecule has 94 valence electrons. The van der Waals surface area contributed by atoms with Crippen molar-refractivity contribution >= 4 is 11.8 Å². The second-order valence-electron chi connectivity index (χ2n) is 3.85. The number of rotatable bonds is 4. The molecule has 1 heterocycles. The quantitative estimate of drug-likeness (QED) is 0.804. The number of hydrogen-bond acceptors (Lipinski definition) is 4. The average molecular weight is 245 g/mol. The molecule has 0 aliphatic carbocycles. The van der Waals surface area contributed by atoms with E-state index < -0.39 is 5.97 Å². The van der Waals surface area contributed by atoms with Crippen LogP contribution in [0.3, 0.4) is 0 Å². The number of anilines is 1. The molecule has 5 nitrogen and oxygen atoms in total. The number of nitrogens with two attached hydrogens (primary N) is 1. The lowest BCUT2D eigenvalue weighted by Gasteiger charge is -2.04. The van der Waals surface area contributed by atoms with Gasteiger partial charge in [0, 0.05) is 12.0 Å². The second kappa shape index (κ2) is 5.35. The number of nitrogen functional groups attached to an aromatic ring is 1. The van der Waals surface area contributed by atoms with Crippen molar-refractivity contribution in [3.05, 3.63) is 47.2 Å². The van der Waals surface area contributed by atoms with E-state index in [1.54, 1.807) is 6.92 Å². The third kappa shape index (κ3) is 2.51. The van der Waals surface area contributed by atoms with Crippen LogP contribution in [0.2, 0.25) is 0 Å². The van der Waals surface area contributed by atoms with Crippen molar-refractivity contribution in [3.8, 4) is 0 Å². The summed E-state index contributed by atoms with van der Waals surface area (Å²) < 4.78 is 4.95.